The highest BCUT2D eigenvalue weighted by molar-refractivity contribution is 7.13. The first-order valence-electron chi connectivity index (χ1n) is 6.43. The van der Waals surface area contributed by atoms with Gasteiger partial charge in [-0.2, -0.15) is 4.98 Å². The van der Waals surface area contributed by atoms with Crippen LogP contribution in [-0.4, -0.2) is 34.0 Å². The number of hydrogen-bond acceptors (Lipinski definition) is 5. The number of nitrogens with zero attached hydrogens (tertiary/aromatic N) is 3. The molecule has 0 aromatic carbocycles. The number of carbonyl (C=O) groups excluding carboxylic acids is 1. The topological polar surface area (TPSA) is 59.2 Å². The number of carbonyl (C=O) groups is 1. The lowest BCUT2D eigenvalue weighted by atomic mass is 9.99. The quantitative estimate of drug-likeness (QED) is 0.861. The molecule has 100 valence electrons. The Kier molecular flexibility index (Phi) is 3.33. The molecule has 2 aromatic rings. The van der Waals surface area contributed by atoms with Gasteiger partial charge in [-0.1, -0.05) is 18.1 Å². The van der Waals surface area contributed by atoms with Crippen molar-refractivity contribution in [3.8, 4) is 10.7 Å². The van der Waals surface area contributed by atoms with E-state index >= 15 is 0 Å². The zero-order valence-corrected chi connectivity index (χ0v) is 11.5. The predicted molar refractivity (Wildman–Crippen MR) is 71.8 cm³/mol. The fourth-order valence-electron chi connectivity index (χ4n) is 2.12. The van der Waals surface area contributed by atoms with Crippen LogP contribution >= 0.6 is 11.3 Å². The number of likely N-dealkylation sites (tertiary alicyclic amines) is 1. The molecule has 0 unspecified atom stereocenters. The molecule has 5 nitrogen and oxygen atoms in total. The summed E-state index contributed by atoms with van der Waals surface area (Å²) >= 11 is 1.59. The highest BCUT2D eigenvalue weighted by Crippen LogP contribution is 2.29. The molecule has 3 heterocycles. The van der Waals surface area contributed by atoms with Gasteiger partial charge in [0.15, 0.2) is 0 Å². The second kappa shape index (κ2) is 5.13. The molecule has 0 spiro atoms. The number of rotatable bonds is 4. The van der Waals surface area contributed by atoms with Crippen molar-refractivity contribution in [2.75, 3.05) is 13.1 Å². The van der Waals surface area contributed by atoms with Gasteiger partial charge in [0.1, 0.15) is 0 Å². The molecule has 1 aliphatic rings. The Balaban J connectivity index is 1.62. The van der Waals surface area contributed by atoms with Gasteiger partial charge < -0.3 is 9.42 Å². The van der Waals surface area contributed by atoms with Crippen LogP contribution < -0.4 is 0 Å². The van der Waals surface area contributed by atoms with Crippen molar-refractivity contribution in [1.29, 1.82) is 0 Å². The lowest BCUT2D eigenvalue weighted by molar-refractivity contribution is -0.136. The summed E-state index contributed by atoms with van der Waals surface area (Å²) < 4.78 is 5.29. The van der Waals surface area contributed by atoms with E-state index in [0.29, 0.717) is 31.2 Å². The van der Waals surface area contributed by atoms with E-state index in [4.69, 9.17) is 4.52 Å². The van der Waals surface area contributed by atoms with E-state index in [0.717, 1.165) is 11.3 Å². The molecule has 0 N–H and O–H groups in total. The largest absolute Gasteiger partial charge is 0.341 e. The molecule has 0 saturated carbocycles. The molecule has 1 saturated heterocycles. The van der Waals surface area contributed by atoms with E-state index in [9.17, 15) is 4.79 Å². The summed E-state index contributed by atoms with van der Waals surface area (Å²) in [6.45, 7) is 3.41. The average Bonchev–Trinajstić information content (AvgIpc) is 2.97. The smallest absolute Gasteiger partial charge is 0.233 e. The Bertz CT molecular complexity index is 558. The van der Waals surface area contributed by atoms with Gasteiger partial charge in [0.05, 0.1) is 10.8 Å². The minimum absolute atomic E-state index is 0.196. The molecule has 0 bridgehead atoms. The Hall–Kier alpha value is -1.69. The van der Waals surface area contributed by atoms with Crippen molar-refractivity contribution in [3.63, 3.8) is 0 Å². The van der Waals surface area contributed by atoms with Crippen LogP contribution in [0.25, 0.3) is 10.7 Å². The maximum atomic E-state index is 11.7. The van der Waals surface area contributed by atoms with E-state index in [1.165, 1.54) is 0 Å². The zero-order chi connectivity index (χ0) is 13.2. The zero-order valence-electron chi connectivity index (χ0n) is 10.7. The lowest BCUT2D eigenvalue weighted by Gasteiger charge is -2.37. The Labute approximate surface area is 115 Å². The first-order valence-corrected chi connectivity index (χ1v) is 7.31. The maximum absolute atomic E-state index is 11.7. The molecule has 19 heavy (non-hydrogen) atoms. The number of aromatic nitrogens is 2. The highest BCUT2D eigenvalue weighted by atomic mass is 32.1. The summed E-state index contributed by atoms with van der Waals surface area (Å²) in [5, 5.41) is 5.97. The van der Waals surface area contributed by atoms with E-state index < -0.39 is 0 Å². The van der Waals surface area contributed by atoms with Gasteiger partial charge in [-0.15, -0.1) is 11.3 Å². The third-order valence-electron chi connectivity index (χ3n) is 3.23. The summed E-state index contributed by atoms with van der Waals surface area (Å²) in [7, 11) is 0. The Morgan fingerprint density at radius 1 is 1.58 bits per heavy atom. The lowest BCUT2D eigenvalue weighted by Crippen LogP contribution is -2.48. The summed E-state index contributed by atoms with van der Waals surface area (Å²) in [6, 6.07) is 3.93. The van der Waals surface area contributed by atoms with Gasteiger partial charge in [0, 0.05) is 19.5 Å². The number of hydrogen-bond donors (Lipinski definition) is 0. The SMILES string of the molecule is CCCC(=O)N1CC(c2nc(-c3cccs3)no2)C1. The molecule has 1 aliphatic heterocycles. The van der Waals surface area contributed by atoms with Crippen LogP contribution in [0, 0.1) is 0 Å². The van der Waals surface area contributed by atoms with Crippen molar-refractivity contribution in [2.45, 2.75) is 25.7 Å². The molecule has 3 rings (SSSR count). The van der Waals surface area contributed by atoms with Crippen molar-refractivity contribution in [1.82, 2.24) is 15.0 Å². The van der Waals surface area contributed by atoms with Gasteiger partial charge in [0.25, 0.3) is 0 Å². The second-order valence-electron chi connectivity index (χ2n) is 4.68. The van der Waals surface area contributed by atoms with Crippen LogP contribution in [0.1, 0.15) is 31.6 Å². The van der Waals surface area contributed by atoms with Gasteiger partial charge in [-0.25, -0.2) is 0 Å². The maximum Gasteiger partial charge on any atom is 0.233 e. The van der Waals surface area contributed by atoms with Crippen molar-refractivity contribution < 1.29 is 9.32 Å². The van der Waals surface area contributed by atoms with Gasteiger partial charge in [-0.05, 0) is 17.9 Å². The molecule has 6 heteroatoms. The van der Waals surface area contributed by atoms with Crippen molar-refractivity contribution in [3.05, 3.63) is 23.4 Å². The third-order valence-corrected chi connectivity index (χ3v) is 4.10. The Morgan fingerprint density at radius 2 is 2.42 bits per heavy atom. The Morgan fingerprint density at radius 3 is 3.11 bits per heavy atom. The summed E-state index contributed by atoms with van der Waals surface area (Å²) in [4.78, 5) is 18.9. The summed E-state index contributed by atoms with van der Waals surface area (Å²) in [5.41, 5.74) is 0. The van der Waals surface area contributed by atoms with E-state index in [1.54, 1.807) is 11.3 Å². The number of thiophene rings is 1. The van der Waals surface area contributed by atoms with Crippen LogP contribution in [0.2, 0.25) is 0 Å². The predicted octanol–water partition coefficient (Wildman–Crippen LogP) is 2.52. The highest BCUT2D eigenvalue weighted by Gasteiger charge is 2.35. The average molecular weight is 277 g/mol. The van der Waals surface area contributed by atoms with Crippen LogP contribution in [0.5, 0.6) is 0 Å². The van der Waals surface area contributed by atoms with Gasteiger partial charge >= 0.3 is 0 Å². The first-order chi connectivity index (χ1) is 9.28. The third kappa shape index (κ3) is 2.40. The van der Waals surface area contributed by atoms with Crippen LogP contribution in [0.15, 0.2) is 22.0 Å². The minimum Gasteiger partial charge on any atom is -0.341 e. The van der Waals surface area contributed by atoms with Crippen molar-refractivity contribution >= 4 is 17.2 Å². The summed E-state index contributed by atoms with van der Waals surface area (Å²) in [6.07, 6.45) is 1.51. The van der Waals surface area contributed by atoms with Crippen molar-refractivity contribution in [2.24, 2.45) is 0 Å². The van der Waals surface area contributed by atoms with Crippen LogP contribution in [0.4, 0.5) is 0 Å². The molecule has 1 fully saturated rings. The molecular weight excluding hydrogens is 262 g/mol. The monoisotopic (exact) mass is 277 g/mol. The molecule has 0 radical (unpaired) electrons. The number of amides is 1. The standard InChI is InChI=1S/C13H15N3O2S/c1-2-4-11(17)16-7-9(8-16)13-14-12(15-18-13)10-5-3-6-19-10/h3,5-6,9H,2,4,7-8H2,1H3. The van der Waals surface area contributed by atoms with Crippen LogP contribution in [0.3, 0.4) is 0 Å². The van der Waals surface area contributed by atoms with E-state index in [2.05, 4.69) is 10.1 Å². The molecule has 2 aromatic heterocycles. The normalized spacial score (nSPS) is 15.5. The van der Waals surface area contributed by atoms with Gasteiger partial charge in [0.2, 0.25) is 17.6 Å². The second-order valence-corrected chi connectivity index (χ2v) is 5.63. The molecule has 1 amide bonds. The fraction of sp³-hybridized carbons (Fsp3) is 0.462. The van der Waals surface area contributed by atoms with Crippen LogP contribution in [-0.2, 0) is 4.79 Å². The van der Waals surface area contributed by atoms with E-state index in [-0.39, 0.29) is 11.8 Å². The fourth-order valence-corrected chi connectivity index (χ4v) is 2.77. The molecule has 0 aliphatic carbocycles. The minimum atomic E-state index is 0.196. The van der Waals surface area contributed by atoms with E-state index in [1.807, 2.05) is 29.3 Å². The summed E-state index contributed by atoms with van der Waals surface area (Å²) in [5.74, 6) is 1.70. The molecule has 0 atom stereocenters. The van der Waals surface area contributed by atoms with Gasteiger partial charge in [-0.3, -0.25) is 4.79 Å². The first kappa shape index (κ1) is 12.3. The molecular formula is C13H15N3O2S.